The average molecular weight is 261 g/mol. The van der Waals surface area contributed by atoms with E-state index in [-0.39, 0.29) is 0 Å². The highest BCUT2D eigenvalue weighted by Gasteiger charge is 2.09. The molecule has 0 spiro atoms. The van der Waals surface area contributed by atoms with Crippen LogP contribution >= 0.6 is 15.9 Å². The summed E-state index contributed by atoms with van der Waals surface area (Å²) in [6.45, 7) is 0. The minimum atomic E-state index is 0.291. The maximum absolute atomic E-state index is 8.89. The Bertz CT molecular complexity index is 600. The van der Waals surface area contributed by atoms with Crippen molar-refractivity contribution in [3.63, 3.8) is 0 Å². The molecular formula is C10H5BrN4. The smallest absolute Gasteiger partial charge is 0.175 e. The van der Waals surface area contributed by atoms with Crippen molar-refractivity contribution in [3.05, 3.63) is 28.0 Å². The van der Waals surface area contributed by atoms with Gasteiger partial charge < -0.3 is 4.98 Å². The van der Waals surface area contributed by atoms with Gasteiger partial charge in [0.25, 0.3) is 0 Å². The summed E-state index contributed by atoms with van der Waals surface area (Å²) in [6, 6.07) is 7.60. The zero-order valence-electron chi connectivity index (χ0n) is 7.58. The molecular weight excluding hydrogens is 256 g/mol. The fourth-order valence-corrected chi connectivity index (χ4v) is 1.81. The minimum absolute atomic E-state index is 0.291. The van der Waals surface area contributed by atoms with Gasteiger partial charge in [-0.05, 0) is 27.6 Å². The molecule has 0 fully saturated rings. The van der Waals surface area contributed by atoms with E-state index in [0.717, 1.165) is 5.56 Å². The van der Waals surface area contributed by atoms with Crippen LogP contribution in [0.2, 0.25) is 0 Å². The molecule has 15 heavy (non-hydrogen) atoms. The molecule has 1 aromatic carbocycles. The maximum Gasteiger partial charge on any atom is 0.175 e. The lowest BCUT2D eigenvalue weighted by atomic mass is 10.1. The summed E-state index contributed by atoms with van der Waals surface area (Å²) in [4.78, 5) is 7.15. The number of fused-ring (bicyclic) bond motifs is 1. The second-order valence-corrected chi connectivity index (χ2v) is 3.72. The van der Waals surface area contributed by atoms with Crippen molar-refractivity contribution < 1.29 is 0 Å². The van der Waals surface area contributed by atoms with E-state index in [1.54, 1.807) is 12.1 Å². The molecule has 0 aliphatic carbocycles. The molecule has 0 atom stereocenters. The van der Waals surface area contributed by atoms with Crippen LogP contribution in [0.4, 0.5) is 0 Å². The lowest BCUT2D eigenvalue weighted by Crippen LogP contribution is -1.87. The molecule has 5 heteroatoms. The molecule has 1 N–H and O–H groups in total. The molecule has 0 unspecified atom stereocenters. The van der Waals surface area contributed by atoms with Crippen molar-refractivity contribution in [2.24, 2.45) is 0 Å². The summed E-state index contributed by atoms with van der Waals surface area (Å²) in [6.07, 6.45) is 0.291. The molecule has 2 rings (SSSR count). The van der Waals surface area contributed by atoms with Gasteiger partial charge in [-0.1, -0.05) is 6.07 Å². The molecule has 1 heterocycles. The molecule has 0 bridgehead atoms. The fourth-order valence-electron chi connectivity index (χ4n) is 1.44. The SMILES string of the molecule is N#CCc1ccc(C#N)c2[nH]c(Br)nc12. The van der Waals surface area contributed by atoms with Crippen molar-refractivity contribution in [1.82, 2.24) is 9.97 Å². The Morgan fingerprint density at radius 1 is 1.40 bits per heavy atom. The molecule has 4 nitrogen and oxygen atoms in total. The monoisotopic (exact) mass is 260 g/mol. The van der Waals surface area contributed by atoms with Gasteiger partial charge in [-0.25, -0.2) is 4.98 Å². The van der Waals surface area contributed by atoms with E-state index in [4.69, 9.17) is 10.5 Å². The first-order chi connectivity index (χ1) is 7.26. The third kappa shape index (κ3) is 1.58. The normalized spacial score (nSPS) is 9.80. The first-order valence-corrected chi connectivity index (χ1v) is 4.99. The summed E-state index contributed by atoms with van der Waals surface area (Å²) >= 11 is 3.21. The summed E-state index contributed by atoms with van der Waals surface area (Å²) in [5.41, 5.74) is 2.72. The molecule has 0 saturated heterocycles. The summed E-state index contributed by atoms with van der Waals surface area (Å²) in [5, 5.41) is 17.5. The zero-order chi connectivity index (χ0) is 10.8. The Balaban J connectivity index is 2.79. The van der Waals surface area contributed by atoms with Gasteiger partial charge in [0.1, 0.15) is 6.07 Å². The summed E-state index contributed by atoms with van der Waals surface area (Å²) in [5.74, 6) is 0. The second kappa shape index (κ2) is 3.72. The fraction of sp³-hybridized carbons (Fsp3) is 0.100. The standard InChI is InChI=1S/C10H5BrN4/c11-10-14-8-6(3-4-12)1-2-7(5-13)9(8)15-10/h1-2H,3H2,(H,14,15). The first kappa shape index (κ1) is 9.70. The van der Waals surface area contributed by atoms with Crippen LogP contribution in [-0.4, -0.2) is 9.97 Å². The topological polar surface area (TPSA) is 76.3 Å². The van der Waals surface area contributed by atoms with E-state index in [2.05, 4.69) is 38.0 Å². The number of nitriles is 2. The maximum atomic E-state index is 8.89. The van der Waals surface area contributed by atoms with E-state index in [0.29, 0.717) is 27.8 Å². The molecule has 2 aromatic rings. The number of imidazole rings is 1. The Kier molecular flexibility index (Phi) is 2.40. The van der Waals surface area contributed by atoms with Gasteiger partial charge in [0, 0.05) is 0 Å². The number of aromatic amines is 1. The molecule has 0 aliphatic rings. The Labute approximate surface area is 94.3 Å². The van der Waals surface area contributed by atoms with Crippen LogP contribution < -0.4 is 0 Å². The van der Waals surface area contributed by atoms with Gasteiger partial charge in [0.05, 0.1) is 29.1 Å². The summed E-state index contributed by atoms with van der Waals surface area (Å²) in [7, 11) is 0. The number of hydrogen-bond acceptors (Lipinski definition) is 3. The van der Waals surface area contributed by atoms with Crippen molar-refractivity contribution >= 4 is 27.0 Å². The van der Waals surface area contributed by atoms with Gasteiger partial charge >= 0.3 is 0 Å². The number of rotatable bonds is 1. The Morgan fingerprint density at radius 2 is 2.20 bits per heavy atom. The second-order valence-electron chi connectivity index (χ2n) is 2.97. The number of aromatic nitrogens is 2. The van der Waals surface area contributed by atoms with Crippen LogP contribution in [0.25, 0.3) is 11.0 Å². The third-order valence-corrected chi connectivity index (χ3v) is 2.47. The Morgan fingerprint density at radius 3 is 2.87 bits per heavy atom. The van der Waals surface area contributed by atoms with Crippen molar-refractivity contribution in [2.75, 3.05) is 0 Å². The van der Waals surface area contributed by atoms with Crippen LogP contribution in [0.15, 0.2) is 16.9 Å². The van der Waals surface area contributed by atoms with Gasteiger partial charge in [0.2, 0.25) is 0 Å². The number of halogens is 1. The number of nitrogens with one attached hydrogen (secondary N) is 1. The van der Waals surface area contributed by atoms with E-state index in [1.165, 1.54) is 0 Å². The first-order valence-electron chi connectivity index (χ1n) is 4.20. The van der Waals surface area contributed by atoms with E-state index >= 15 is 0 Å². The van der Waals surface area contributed by atoms with Crippen LogP contribution in [0.1, 0.15) is 11.1 Å². The highest BCUT2D eigenvalue weighted by Crippen LogP contribution is 2.22. The number of nitrogens with zero attached hydrogens (tertiary/aromatic N) is 3. The van der Waals surface area contributed by atoms with Crippen molar-refractivity contribution in [2.45, 2.75) is 6.42 Å². The molecule has 72 valence electrons. The lowest BCUT2D eigenvalue weighted by molar-refractivity contribution is 1.24. The van der Waals surface area contributed by atoms with Crippen molar-refractivity contribution in [3.8, 4) is 12.1 Å². The van der Waals surface area contributed by atoms with E-state index in [1.807, 2.05) is 0 Å². The van der Waals surface area contributed by atoms with E-state index in [9.17, 15) is 0 Å². The molecule has 1 aromatic heterocycles. The predicted octanol–water partition coefficient (Wildman–Crippen LogP) is 2.26. The highest BCUT2D eigenvalue weighted by molar-refractivity contribution is 9.10. The van der Waals surface area contributed by atoms with E-state index < -0.39 is 0 Å². The predicted molar refractivity (Wildman–Crippen MR) is 57.8 cm³/mol. The van der Waals surface area contributed by atoms with Gasteiger partial charge in [-0.3, -0.25) is 0 Å². The molecule has 0 saturated carbocycles. The molecule has 0 aliphatic heterocycles. The quantitative estimate of drug-likeness (QED) is 0.855. The average Bonchev–Trinajstić information content (AvgIpc) is 2.61. The van der Waals surface area contributed by atoms with Crippen LogP contribution in [-0.2, 0) is 6.42 Å². The lowest BCUT2D eigenvalue weighted by Gasteiger charge is -1.97. The number of H-pyrrole nitrogens is 1. The number of hydrogen-bond donors (Lipinski definition) is 1. The Hall–Kier alpha value is -1.85. The molecule has 0 amide bonds. The minimum Gasteiger partial charge on any atom is -0.331 e. The van der Waals surface area contributed by atoms with Gasteiger partial charge in [-0.15, -0.1) is 0 Å². The third-order valence-electron chi connectivity index (χ3n) is 2.09. The van der Waals surface area contributed by atoms with Crippen LogP contribution in [0.3, 0.4) is 0 Å². The van der Waals surface area contributed by atoms with Gasteiger partial charge in [0.15, 0.2) is 4.73 Å². The van der Waals surface area contributed by atoms with Gasteiger partial charge in [-0.2, -0.15) is 10.5 Å². The van der Waals surface area contributed by atoms with Crippen LogP contribution in [0.5, 0.6) is 0 Å². The van der Waals surface area contributed by atoms with Crippen molar-refractivity contribution in [1.29, 1.82) is 10.5 Å². The highest BCUT2D eigenvalue weighted by atomic mass is 79.9. The molecule has 0 radical (unpaired) electrons. The summed E-state index contributed by atoms with van der Waals surface area (Å²) < 4.78 is 0.569. The number of benzene rings is 1. The largest absolute Gasteiger partial charge is 0.331 e. The van der Waals surface area contributed by atoms with Crippen LogP contribution in [0, 0.1) is 22.7 Å². The zero-order valence-corrected chi connectivity index (χ0v) is 9.17.